The molecule has 0 fully saturated rings. The first-order valence-corrected chi connectivity index (χ1v) is 15.3. The van der Waals surface area contributed by atoms with Crippen molar-refractivity contribution in [2.45, 2.75) is 0 Å². The third-order valence-corrected chi connectivity index (χ3v) is 8.87. The molecule has 0 aliphatic carbocycles. The molecule has 3 aromatic heterocycles. The molecule has 7 aromatic carbocycles. The van der Waals surface area contributed by atoms with E-state index in [0.29, 0.717) is 5.89 Å². The van der Waals surface area contributed by atoms with Gasteiger partial charge in [0.25, 0.3) is 0 Å². The highest BCUT2D eigenvalue weighted by molar-refractivity contribution is 6.18. The van der Waals surface area contributed by atoms with Crippen LogP contribution in [0.15, 0.2) is 148 Å². The summed E-state index contributed by atoms with van der Waals surface area (Å²) in [6.07, 6.45) is 0. The van der Waals surface area contributed by atoms with Gasteiger partial charge in [0.05, 0.1) is 22.4 Å². The first-order chi connectivity index (χ1) is 22.8. The molecule has 214 valence electrons. The molecule has 0 spiro atoms. The van der Waals surface area contributed by atoms with Gasteiger partial charge in [-0.15, -0.1) is 0 Å². The van der Waals surface area contributed by atoms with Gasteiger partial charge in [-0.2, -0.15) is 0 Å². The lowest BCUT2D eigenvalue weighted by Crippen LogP contribution is -1.95. The molecular weight excluding hydrogens is 566 g/mol. The summed E-state index contributed by atoms with van der Waals surface area (Å²) in [6, 6.07) is 47.4. The standard InChI is InChI=1S/C41H23N3O2/c1-2-8-26(9-3-1)41-44-34-21-19-25-16-14-24-15-17-27(22-31(24)37(25)40(34)46-41)38-39(43-33-12-6-5-11-32(33)42-38)28-18-20-30-29-10-4-7-13-35(29)45-36(30)23-28/h1-23H. The number of para-hydroxylation sites is 3. The summed E-state index contributed by atoms with van der Waals surface area (Å²) < 4.78 is 12.8. The Balaban J connectivity index is 1.22. The van der Waals surface area contributed by atoms with E-state index in [0.717, 1.165) is 93.7 Å². The largest absolute Gasteiger partial charge is 0.456 e. The van der Waals surface area contributed by atoms with Gasteiger partial charge < -0.3 is 8.83 Å². The minimum Gasteiger partial charge on any atom is -0.456 e. The summed E-state index contributed by atoms with van der Waals surface area (Å²) >= 11 is 0. The Bertz CT molecular complexity index is 2810. The summed E-state index contributed by atoms with van der Waals surface area (Å²) in [7, 11) is 0. The zero-order chi connectivity index (χ0) is 30.2. The van der Waals surface area contributed by atoms with Crippen molar-refractivity contribution in [3.8, 4) is 34.0 Å². The van der Waals surface area contributed by atoms with Gasteiger partial charge in [-0.25, -0.2) is 15.0 Å². The molecule has 3 heterocycles. The van der Waals surface area contributed by atoms with E-state index >= 15 is 0 Å². The van der Waals surface area contributed by atoms with E-state index in [4.69, 9.17) is 23.8 Å². The predicted molar refractivity (Wildman–Crippen MR) is 186 cm³/mol. The summed E-state index contributed by atoms with van der Waals surface area (Å²) in [5, 5.41) is 6.49. The second-order valence-corrected chi connectivity index (χ2v) is 11.6. The molecule has 0 radical (unpaired) electrons. The quantitative estimate of drug-likeness (QED) is 0.192. The van der Waals surface area contributed by atoms with E-state index in [2.05, 4.69) is 60.7 Å². The molecule has 46 heavy (non-hydrogen) atoms. The molecule has 10 rings (SSSR count). The molecule has 0 atom stereocenters. The Labute approximate surface area is 262 Å². The number of aromatic nitrogens is 3. The average molecular weight is 590 g/mol. The first-order valence-electron chi connectivity index (χ1n) is 15.3. The van der Waals surface area contributed by atoms with Crippen LogP contribution < -0.4 is 0 Å². The van der Waals surface area contributed by atoms with Crippen LogP contribution >= 0.6 is 0 Å². The SMILES string of the molecule is c1ccc(-c2nc3ccc4ccc5ccc(-c6nc7ccccc7nc6-c6ccc7c(c6)oc6ccccc67)cc5c4c3o2)cc1. The number of rotatable bonds is 3. The zero-order valence-corrected chi connectivity index (χ0v) is 24.4. The van der Waals surface area contributed by atoms with Gasteiger partial charge in [-0.05, 0) is 70.8 Å². The lowest BCUT2D eigenvalue weighted by Gasteiger charge is -2.12. The van der Waals surface area contributed by atoms with Crippen molar-refractivity contribution in [2.75, 3.05) is 0 Å². The summed E-state index contributed by atoms with van der Waals surface area (Å²) in [4.78, 5) is 15.2. The highest BCUT2D eigenvalue weighted by atomic mass is 16.3. The number of nitrogens with zero attached hydrogens (tertiary/aromatic N) is 3. The predicted octanol–water partition coefficient (Wildman–Crippen LogP) is 11.0. The summed E-state index contributed by atoms with van der Waals surface area (Å²) in [6.45, 7) is 0. The third kappa shape index (κ3) is 3.79. The molecule has 0 aliphatic heterocycles. The van der Waals surface area contributed by atoms with Gasteiger partial charge in [0.1, 0.15) is 16.7 Å². The maximum absolute atomic E-state index is 6.49. The van der Waals surface area contributed by atoms with Crippen molar-refractivity contribution in [1.29, 1.82) is 0 Å². The van der Waals surface area contributed by atoms with Gasteiger partial charge in [0, 0.05) is 32.8 Å². The van der Waals surface area contributed by atoms with Crippen LogP contribution in [-0.2, 0) is 0 Å². The lowest BCUT2D eigenvalue weighted by molar-refractivity contribution is 0.623. The summed E-state index contributed by atoms with van der Waals surface area (Å²) in [5.74, 6) is 0.611. The Morgan fingerprint density at radius 3 is 1.89 bits per heavy atom. The Morgan fingerprint density at radius 2 is 1.04 bits per heavy atom. The van der Waals surface area contributed by atoms with E-state index in [1.54, 1.807) is 0 Å². The van der Waals surface area contributed by atoms with Crippen LogP contribution in [0.1, 0.15) is 0 Å². The van der Waals surface area contributed by atoms with Gasteiger partial charge in [-0.3, -0.25) is 0 Å². The number of oxazole rings is 1. The van der Waals surface area contributed by atoms with E-state index < -0.39 is 0 Å². The van der Waals surface area contributed by atoms with Crippen LogP contribution in [0.25, 0.3) is 99.6 Å². The molecule has 5 heteroatoms. The normalized spacial score (nSPS) is 11.9. The molecule has 5 nitrogen and oxygen atoms in total. The van der Waals surface area contributed by atoms with Gasteiger partial charge >= 0.3 is 0 Å². The minimum atomic E-state index is 0.611. The van der Waals surface area contributed by atoms with Crippen molar-refractivity contribution in [3.63, 3.8) is 0 Å². The van der Waals surface area contributed by atoms with Crippen molar-refractivity contribution in [2.24, 2.45) is 0 Å². The van der Waals surface area contributed by atoms with Crippen LogP contribution in [0.2, 0.25) is 0 Å². The van der Waals surface area contributed by atoms with Crippen LogP contribution in [-0.4, -0.2) is 15.0 Å². The smallest absolute Gasteiger partial charge is 0.227 e. The van der Waals surface area contributed by atoms with E-state index in [9.17, 15) is 0 Å². The van der Waals surface area contributed by atoms with E-state index in [-0.39, 0.29) is 0 Å². The highest BCUT2D eigenvalue weighted by Gasteiger charge is 2.18. The Morgan fingerprint density at radius 1 is 0.391 bits per heavy atom. The van der Waals surface area contributed by atoms with Crippen molar-refractivity contribution < 1.29 is 8.83 Å². The zero-order valence-electron chi connectivity index (χ0n) is 24.4. The molecular formula is C41H23N3O2. The fraction of sp³-hybridized carbons (Fsp3) is 0. The van der Waals surface area contributed by atoms with Crippen LogP contribution in [0.5, 0.6) is 0 Å². The average Bonchev–Trinajstić information content (AvgIpc) is 3.73. The Kier molecular flexibility index (Phi) is 5.22. The maximum Gasteiger partial charge on any atom is 0.227 e. The maximum atomic E-state index is 6.49. The van der Waals surface area contributed by atoms with Crippen molar-refractivity contribution >= 4 is 65.6 Å². The molecule has 10 aromatic rings. The van der Waals surface area contributed by atoms with Crippen LogP contribution in [0.4, 0.5) is 0 Å². The number of furan rings is 1. The summed E-state index contributed by atoms with van der Waals surface area (Å²) in [5.41, 5.74) is 9.46. The van der Waals surface area contributed by atoms with Gasteiger partial charge in [0.15, 0.2) is 5.58 Å². The second kappa shape index (κ2) is 9.58. The van der Waals surface area contributed by atoms with E-state index in [1.807, 2.05) is 78.9 Å². The molecule has 0 aliphatic rings. The van der Waals surface area contributed by atoms with Crippen LogP contribution in [0.3, 0.4) is 0 Å². The monoisotopic (exact) mass is 589 g/mol. The van der Waals surface area contributed by atoms with Crippen LogP contribution in [0, 0.1) is 0 Å². The van der Waals surface area contributed by atoms with Crippen molar-refractivity contribution in [1.82, 2.24) is 15.0 Å². The molecule has 0 unspecified atom stereocenters. The number of benzene rings is 7. The Hall–Kier alpha value is -6.33. The first kappa shape index (κ1) is 25.0. The second-order valence-electron chi connectivity index (χ2n) is 11.6. The minimum absolute atomic E-state index is 0.611. The number of hydrogen-bond donors (Lipinski definition) is 0. The fourth-order valence-electron chi connectivity index (χ4n) is 6.65. The van der Waals surface area contributed by atoms with Gasteiger partial charge in [-0.1, -0.05) is 84.9 Å². The molecule has 0 N–H and O–H groups in total. The lowest BCUT2D eigenvalue weighted by atomic mass is 9.96. The topological polar surface area (TPSA) is 65.0 Å². The van der Waals surface area contributed by atoms with Crippen molar-refractivity contribution in [3.05, 3.63) is 140 Å². The molecule has 0 bridgehead atoms. The molecule has 0 saturated heterocycles. The third-order valence-electron chi connectivity index (χ3n) is 8.87. The number of fused-ring (bicyclic) bond motifs is 9. The number of hydrogen-bond acceptors (Lipinski definition) is 5. The highest BCUT2D eigenvalue weighted by Crippen LogP contribution is 2.39. The van der Waals surface area contributed by atoms with Gasteiger partial charge in [0.2, 0.25) is 5.89 Å². The molecule has 0 amide bonds. The fourth-order valence-corrected chi connectivity index (χ4v) is 6.65. The van der Waals surface area contributed by atoms with E-state index in [1.165, 1.54) is 0 Å². The molecule has 0 saturated carbocycles.